The molecule has 4 rings (SSSR count). The molecule has 0 unspecified atom stereocenters. The zero-order valence-corrected chi connectivity index (χ0v) is 14.9. The Morgan fingerprint density at radius 1 is 1.24 bits per heavy atom. The van der Waals surface area contributed by atoms with Crippen molar-refractivity contribution in [3.63, 3.8) is 0 Å². The van der Waals surface area contributed by atoms with Crippen molar-refractivity contribution in [3.05, 3.63) is 42.1 Å². The van der Waals surface area contributed by atoms with E-state index in [0.717, 1.165) is 50.8 Å². The summed E-state index contributed by atoms with van der Waals surface area (Å²) < 4.78 is 0. The van der Waals surface area contributed by atoms with Crippen LogP contribution < -0.4 is 5.32 Å². The summed E-state index contributed by atoms with van der Waals surface area (Å²) in [5.41, 5.74) is 2.34. The molecule has 1 aliphatic carbocycles. The summed E-state index contributed by atoms with van der Waals surface area (Å²) >= 11 is 0. The molecule has 132 valence electrons. The first kappa shape index (κ1) is 16.5. The van der Waals surface area contributed by atoms with Crippen LogP contribution in [0.25, 0.3) is 10.9 Å². The van der Waals surface area contributed by atoms with Crippen molar-refractivity contribution in [1.82, 2.24) is 15.2 Å². The van der Waals surface area contributed by atoms with Crippen molar-refractivity contribution in [3.8, 4) is 0 Å². The van der Waals surface area contributed by atoms with Gasteiger partial charge in [0, 0.05) is 43.2 Å². The Balaban J connectivity index is 1.41. The molecule has 0 spiro atoms. The van der Waals surface area contributed by atoms with Crippen LogP contribution in [0, 0.1) is 11.8 Å². The Bertz CT molecular complexity index is 750. The number of carbonyl (C=O) groups excluding carboxylic acids is 1. The molecule has 0 radical (unpaired) electrons. The first-order valence-electron chi connectivity index (χ1n) is 9.61. The van der Waals surface area contributed by atoms with Crippen LogP contribution in [0.2, 0.25) is 0 Å². The normalized spacial score (nSPS) is 23.8. The maximum Gasteiger partial charge on any atom is 0.225 e. The van der Waals surface area contributed by atoms with E-state index in [4.69, 9.17) is 0 Å². The van der Waals surface area contributed by atoms with Gasteiger partial charge in [-0.2, -0.15) is 0 Å². The van der Waals surface area contributed by atoms with Crippen LogP contribution in [0.5, 0.6) is 0 Å². The summed E-state index contributed by atoms with van der Waals surface area (Å²) in [5.74, 6) is 1.28. The number of piperidine rings is 1. The van der Waals surface area contributed by atoms with E-state index in [1.54, 1.807) is 0 Å². The molecule has 2 aromatic rings. The van der Waals surface area contributed by atoms with E-state index < -0.39 is 0 Å². The molecule has 2 heterocycles. The molecule has 2 aliphatic rings. The van der Waals surface area contributed by atoms with Crippen molar-refractivity contribution < 1.29 is 4.79 Å². The zero-order valence-electron chi connectivity index (χ0n) is 14.9. The second-order valence-electron chi connectivity index (χ2n) is 7.50. The highest BCUT2D eigenvalue weighted by molar-refractivity contribution is 5.82. The number of carbonyl (C=O) groups is 1. The molecule has 1 amide bonds. The molecule has 1 N–H and O–H groups in total. The molecule has 1 saturated heterocycles. The first-order valence-corrected chi connectivity index (χ1v) is 9.61. The van der Waals surface area contributed by atoms with E-state index in [-0.39, 0.29) is 0 Å². The van der Waals surface area contributed by atoms with Gasteiger partial charge in [0.2, 0.25) is 5.91 Å². The predicted octanol–water partition coefficient (Wildman–Crippen LogP) is 3.36. The van der Waals surface area contributed by atoms with E-state index in [1.807, 2.05) is 12.3 Å². The average molecular weight is 337 g/mol. The van der Waals surface area contributed by atoms with Crippen LogP contribution in [0.3, 0.4) is 0 Å². The van der Waals surface area contributed by atoms with Crippen LogP contribution in [0.15, 0.2) is 36.5 Å². The molecular formula is C21H27N3O. The lowest BCUT2D eigenvalue weighted by atomic mass is 9.89. The molecule has 0 bridgehead atoms. The monoisotopic (exact) mass is 337 g/mol. The van der Waals surface area contributed by atoms with Gasteiger partial charge in [-0.05, 0) is 36.8 Å². The van der Waals surface area contributed by atoms with Gasteiger partial charge in [0.1, 0.15) is 0 Å². The van der Waals surface area contributed by atoms with Crippen molar-refractivity contribution in [2.45, 2.75) is 45.2 Å². The highest BCUT2D eigenvalue weighted by Crippen LogP contribution is 2.33. The van der Waals surface area contributed by atoms with Crippen molar-refractivity contribution >= 4 is 16.8 Å². The van der Waals surface area contributed by atoms with Gasteiger partial charge in [0.15, 0.2) is 0 Å². The fourth-order valence-electron chi connectivity index (χ4n) is 4.05. The smallest absolute Gasteiger partial charge is 0.225 e. The quantitative estimate of drug-likeness (QED) is 0.910. The number of fused-ring (bicyclic) bond motifs is 1. The molecule has 25 heavy (non-hydrogen) atoms. The molecule has 1 aromatic carbocycles. The van der Waals surface area contributed by atoms with Gasteiger partial charge in [-0.3, -0.25) is 9.78 Å². The van der Waals surface area contributed by atoms with Gasteiger partial charge in [-0.25, -0.2) is 0 Å². The lowest BCUT2D eigenvalue weighted by molar-refractivity contribution is -0.134. The van der Waals surface area contributed by atoms with Crippen LogP contribution >= 0.6 is 0 Å². The summed E-state index contributed by atoms with van der Waals surface area (Å²) in [7, 11) is 0. The Kier molecular flexibility index (Phi) is 4.71. The molecule has 1 aromatic heterocycles. The van der Waals surface area contributed by atoms with Gasteiger partial charge in [-0.15, -0.1) is 0 Å². The standard InChI is InChI=1S/C21H27N3O/c1-2-15-14-24(21(25)17-8-9-17)12-10-19(15)23-13-18-6-3-5-16-7-4-11-22-20(16)18/h3-7,11,15,17,19,23H,2,8-10,12-14H2,1H3/t15-,19-/m1/s1. The van der Waals surface area contributed by atoms with Gasteiger partial charge < -0.3 is 10.2 Å². The molecule has 4 nitrogen and oxygen atoms in total. The number of hydrogen-bond acceptors (Lipinski definition) is 3. The van der Waals surface area contributed by atoms with E-state index >= 15 is 0 Å². The van der Waals surface area contributed by atoms with Gasteiger partial charge in [-0.1, -0.05) is 37.6 Å². The minimum absolute atomic E-state index is 0.337. The Labute approximate surface area is 149 Å². The maximum absolute atomic E-state index is 12.4. The maximum atomic E-state index is 12.4. The number of aromatic nitrogens is 1. The third kappa shape index (κ3) is 3.54. The van der Waals surface area contributed by atoms with E-state index in [2.05, 4.69) is 46.4 Å². The minimum Gasteiger partial charge on any atom is -0.342 e. The van der Waals surface area contributed by atoms with Crippen molar-refractivity contribution in [1.29, 1.82) is 0 Å². The third-order valence-electron chi connectivity index (χ3n) is 5.77. The average Bonchev–Trinajstić information content (AvgIpc) is 3.51. The molecule has 2 atom stereocenters. The zero-order chi connectivity index (χ0) is 17.2. The number of para-hydroxylation sites is 1. The topological polar surface area (TPSA) is 45.2 Å². The second kappa shape index (κ2) is 7.12. The number of benzene rings is 1. The second-order valence-corrected chi connectivity index (χ2v) is 7.50. The van der Waals surface area contributed by atoms with Crippen LogP contribution in [0.1, 0.15) is 38.2 Å². The number of likely N-dealkylation sites (tertiary alicyclic amines) is 1. The number of hydrogen-bond donors (Lipinski definition) is 1. The third-order valence-corrected chi connectivity index (χ3v) is 5.77. The van der Waals surface area contributed by atoms with E-state index in [1.165, 1.54) is 10.9 Å². The molecular weight excluding hydrogens is 310 g/mol. The highest BCUT2D eigenvalue weighted by Gasteiger charge is 2.37. The summed E-state index contributed by atoms with van der Waals surface area (Å²) in [6.07, 6.45) is 6.22. The summed E-state index contributed by atoms with van der Waals surface area (Å²) in [5, 5.41) is 4.95. The lowest BCUT2D eigenvalue weighted by Gasteiger charge is -2.39. The number of rotatable bonds is 5. The summed E-state index contributed by atoms with van der Waals surface area (Å²) in [6.45, 7) is 4.89. The lowest BCUT2D eigenvalue weighted by Crippen LogP contribution is -2.51. The highest BCUT2D eigenvalue weighted by atomic mass is 16.2. The fraction of sp³-hybridized carbons (Fsp3) is 0.524. The molecule has 1 aliphatic heterocycles. The van der Waals surface area contributed by atoms with Crippen LogP contribution in [-0.2, 0) is 11.3 Å². The van der Waals surface area contributed by atoms with Crippen LogP contribution in [-0.4, -0.2) is 34.9 Å². The van der Waals surface area contributed by atoms with Gasteiger partial charge in [0.25, 0.3) is 0 Å². The van der Waals surface area contributed by atoms with Crippen molar-refractivity contribution in [2.24, 2.45) is 11.8 Å². The molecule has 2 fully saturated rings. The number of nitrogens with zero attached hydrogens (tertiary/aromatic N) is 2. The first-order chi connectivity index (χ1) is 12.3. The fourth-order valence-corrected chi connectivity index (χ4v) is 4.05. The van der Waals surface area contributed by atoms with Crippen molar-refractivity contribution in [2.75, 3.05) is 13.1 Å². The molecule has 4 heteroatoms. The van der Waals surface area contributed by atoms with Crippen LogP contribution in [0.4, 0.5) is 0 Å². The Morgan fingerprint density at radius 2 is 2.08 bits per heavy atom. The summed E-state index contributed by atoms with van der Waals surface area (Å²) in [6, 6.07) is 11.0. The predicted molar refractivity (Wildman–Crippen MR) is 100 cm³/mol. The number of amides is 1. The summed E-state index contributed by atoms with van der Waals surface area (Å²) in [4.78, 5) is 19.0. The van der Waals surface area contributed by atoms with Gasteiger partial charge >= 0.3 is 0 Å². The number of pyridine rings is 1. The molecule has 1 saturated carbocycles. The number of nitrogens with one attached hydrogen (secondary N) is 1. The van der Waals surface area contributed by atoms with Gasteiger partial charge in [0.05, 0.1) is 5.52 Å². The Morgan fingerprint density at radius 3 is 2.88 bits per heavy atom. The minimum atomic E-state index is 0.337. The van der Waals surface area contributed by atoms with E-state index in [0.29, 0.717) is 23.8 Å². The largest absolute Gasteiger partial charge is 0.342 e. The SMILES string of the molecule is CC[C@@H]1CN(C(=O)C2CC2)CC[C@H]1NCc1cccc2cccnc12. The Hall–Kier alpha value is -1.94. The van der Waals surface area contributed by atoms with E-state index in [9.17, 15) is 4.79 Å².